The molecule has 3 aliphatic carbocycles. The summed E-state index contributed by atoms with van der Waals surface area (Å²) < 4.78 is 0. The lowest BCUT2D eigenvalue weighted by atomic mass is 9.54. The molecule has 1 amide bonds. The van der Waals surface area contributed by atoms with E-state index in [-0.39, 0.29) is 11.3 Å². The zero-order valence-electron chi connectivity index (χ0n) is 26.3. The van der Waals surface area contributed by atoms with Crippen LogP contribution in [0, 0.1) is 11.8 Å². The van der Waals surface area contributed by atoms with Crippen LogP contribution in [0.4, 0.5) is 0 Å². The summed E-state index contributed by atoms with van der Waals surface area (Å²) in [5.41, 5.74) is 3.67. The molecule has 2 fully saturated rings. The van der Waals surface area contributed by atoms with Gasteiger partial charge in [-0.25, -0.2) is 0 Å². The number of phenolic OH excluding ortho intramolecular Hbond substituents is 1. The Morgan fingerprint density at radius 3 is 2.37 bits per heavy atom. The number of Topliss-reactive ketones (excluding diaryl/α,β-unsaturated/α-hetero) is 2. The van der Waals surface area contributed by atoms with E-state index in [1.54, 1.807) is 19.1 Å². The van der Waals surface area contributed by atoms with Crippen LogP contribution in [0.2, 0.25) is 0 Å². The predicted octanol–water partition coefficient (Wildman–Crippen LogP) is 0.910. The lowest BCUT2D eigenvalue weighted by Crippen LogP contribution is -2.70. The van der Waals surface area contributed by atoms with Gasteiger partial charge in [0.1, 0.15) is 22.8 Å². The van der Waals surface area contributed by atoms with Crippen LogP contribution in [0.15, 0.2) is 53.3 Å². The third-order valence-corrected chi connectivity index (χ3v) is 10.4. The van der Waals surface area contributed by atoms with Crippen molar-refractivity contribution in [2.75, 3.05) is 47.3 Å². The number of likely N-dealkylation sites (N-methyl/N-ethyl adjacent to an activating group) is 2. The number of carbonyl (C=O) groups is 3. The molecule has 244 valence electrons. The molecule has 2 aromatic carbocycles. The second-order valence-electron chi connectivity index (χ2n) is 13.3. The average Bonchev–Trinajstić information content (AvgIpc) is 3.00. The Balaban J connectivity index is 1.46. The lowest BCUT2D eigenvalue weighted by Gasteiger charge is -2.53. The number of nitrogens with zero attached hydrogens (tertiary/aromatic N) is 3. The molecule has 0 bridgehead atoms. The van der Waals surface area contributed by atoms with Crippen LogP contribution < -0.4 is 5.73 Å². The number of aliphatic hydroxyl groups excluding tert-OH is 3. The van der Waals surface area contributed by atoms with E-state index in [0.717, 1.165) is 38.3 Å². The number of piperazine rings is 1. The van der Waals surface area contributed by atoms with Crippen LogP contribution in [0.3, 0.4) is 0 Å². The summed E-state index contributed by atoms with van der Waals surface area (Å²) in [5.74, 6) is -9.04. The van der Waals surface area contributed by atoms with Gasteiger partial charge in [0.2, 0.25) is 5.78 Å². The third kappa shape index (κ3) is 4.58. The van der Waals surface area contributed by atoms with Gasteiger partial charge >= 0.3 is 0 Å². The largest absolute Gasteiger partial charge is 0.508 e. The molecule has 7 N–H and O–H groups in total. The number of rotatable bonds is 5. The fraction of sp³-hybridized carbons (Fsp3) is 0.441. The number of nitrogens with two attached hydrogens (primary N) is 1. The molecule has 4 aliphatic rings. The highest BCUT2D eigenvalue weighted by Crippen LogP contribution is 2.56. The molecule has 6 unspecified atom stereocenters. The number of benzene rings is 2. The second kappa shape index (κ2) is 11.3. The maximum Gasteiger partial charge on any atom is 0.255 e. The highest BCUT2D eigenvalue weighted by Gasteiger charge is 2.68. The SMILES string of the molecule is CC1c2ccc(-c3cccc(CN4CCN(C)CC4)c3)c(O)c2C(O)=C2C(=O)C3(O)C(O)=C(C(N)=O)C(=O)C(N(C)C)C3C(O)C21. The molecule has 6 atom stereocenters. The fourth-order valence-electron chi connectivity index (χ4n) is 7.95. The van der Waals surface area contributed by atoms with Gasteiger partial charge in [-0.2, -0.15) is 0 Å². The summed E-state index contributed by atoms with van der Waals surface area (Å²) in [6.45, 7) is 6.28. The van der Waals surface area contributed by atoms with Crippen LogP contribution in [0.5, 0.6) is 5.75 Å². The van der Waals surface area contributed by atoms with E-state index in [9.17, 15) is 39.9 Å². The number of phenols is 1. The Morgan fingerprint density at radius 2 is 1.74 bits per heavy atom. The number of aliphatic hydroxyl groups is 4. The number of hydrogen-bond donors (Lipinski definition) is 6. The minimum absolute atomic E-state index is 0.0297. The Bertz CT molecular complexity index is 1710. The Hall–Kier alpha value is -4.07. The Labute approximate surface area is 266 Å². The van der Waals surface area contributed by atoms with E-state index < -0.39 is 75.6 Å². The molecule has 6 rings (SSSR count). The maximum atomic E-state index is 14.3. The number of aromatic hydroxyl groups is 1. The zero-order valence-corrected chi connectivity index (χ0v) is 26.3. The van der Waals surface area contributed by atoms with Gasteiger partial charge in [0, 0.05) is 49.8 Å². The van der Waals surface area contributed by atoms with Crippen molar-refractivity contribution in [3.8, 4) is 16.9 Å². The van der Waals surface area contributed by atoms with Crippen molar-refractivity contribution in [2.45, 2.75) is 37.1 Å². The van der Waals surface area contributed by atoms with Crippen LogP contribution in [-0.4, -0.2) is 123 Å². The first kappa shape index (κ1) is 31.9. The van der Waals surface area contributed by atoms with Crippen molar-refractivity contribution < 1.29 is 39.9 Å². The van der Waals surface area contributed by atoms with E-state index >= 15 is 0 Å². The standard InChI is InChI=1S/C34H40N4O8/c1-16-19-8-9-20(18-7-5-6-17(14-18)15-38-12-10-37(4)11-13-38)27(39)22(19)28(40)23-21(16)29(41)25-26(36(2)3)30(42)24(33(35)45)32(44)34(25,46)31(23)43/h5-9,14,16,21,25-26,29,39-41,44,46H,10-13,15H2,1-4H3,(H2,35,45). The van der Waals surface area contributed by atoms with Crippen molar-refractivity contribution in [3.63, 3.8) is 0 Å². The highest BCUT2D eigenvalue weighted by atomic mass is 16.4. The first-order chi connectivity index (χ1) is 21.7. The van der Waals surface area contributed by atoms with Gasteiger partial charge in [-0.15, -0.1) is 0 Å². The molecule has 0 aromatic heterocycles. The van der Waals surface area contributed by atoms with Gasteiger partial charge in [0.25, 0.3) is 5.91 Å². The van der Waals surface area contributed by atoms with Gasteiger partial charge in [-0.05, 0) is 49.8 Å². The van der Waals surface area contributed by atoms with E-state index in [2.05, 4.69) is 16.8 Å². The predicted molar refractivity (Wildman–Crippen MR) is 169 cm³/mol. The van der Waals surface area contributed by atoms with Gasteiger partial charge in [0.05, 0.1) is 23.6 Å². The molecular formula is C34H40N4O8. The quantitative estimate of drug-likeness (QED) is 0.257. The van der Waals surface area contributed by atoms with E-state index in [4.69, 9.17) is 5.73 Å². The summed E-state index contributed by atoms with van der Waals surface area (Å²) in [4.78, 5) is 45.8. The summed E-state index contributed by atoms with van der Waals surface area (Å²) in [6.07, 6.45) is -1.64. The molecule has 46 heavy (non-hydrogen) atoms. The molecule has 1 heterocycles. The number of ketones is 2. The number of fused-ring (bicyclic) bond motifs is 3. The topological polar surface area (TPSA) is 188 Å². The summed E-state index contributed by atoms with van der Waals surface area (Å²) in [5, 5.41) is 58.2. The van der Waals surface area contributed by atoms with Gasteiger partial charge in [-0.1, -0.05) is 37.3 Å². The summed E-state index contributed by atoms with van der Waals surface area (Å²) >= 11 is 0. The second-order valence-corrected chi connectivity index (χ2v) is 13.3. The molecule has 1 aliphatic heterocycles. The third-order valence-electron chi connectivity index (χ3n) is 10.4. The fourth-order valence-corrected chi connectivity index (χ4v) is 7.95. The molecule has 12 heteroatoms. The minimum Gasteiger partial charge on any atom is -0.508 e. The van der Waals surface area contributed by atoms with E-state index in [1.807, 2.05) is 24.3 Å². The van der Waals surface area contributed by atoms with Gasteiger partial charge in [0.15, 0.2) is 11.4 Å². The maximum absolute atomic E-state index is 14.3. The van der Waals surface area contributed by atoms with Crippen molar-refractivity contribution in [2.24, 2.45) is 17.6 Å². The molecule has 1 saturated carbocycles. The van der Waals surface area contributed by atoms with Crippen LogP contribution in [0.25, 0.3) is 16.9 Å². The summed E-state index contributed by atoms with van der Waals surface area (Å²) in [6, 6.07) is 9.77. The number of carbonyl (C=O) groups excluding carboxylic acids is 3. The van der Waals surface area contributed by atoms with Gasteiger partial charge in [-0.3, -0.25) is 24.2 Å². The first-order valence-electron chi connectivity index (χ1n) is 15.4. The number of amides is 1. The van der Waals surface area contributed by atoms with Crippen molar-refractivity contribution in [3.05, 3.63) is 70.0 Å². The first-order valence-corrected chi connectivity index (χ1v) is 15.4. The monoisotopic (exact) mass is 632 g/mol. The zero-order chi connectivity index (χ0) is 33.4. The molecule has 0 radical (unpaired) electrons. The van der Waals surface area contributed by atoms with Crippen LogP contribution in [0.1, 0.15) is 29.5 Å². The normalized spacial score (nSPS) is 30.4. The molecule has 2 aromatic rings. The molecular weight excluding hydrogens is 592 g/mol. The number of primary amides is 1. The van der Waals surface area contributed by atoms with E-state index in [0.29, 0.717) is 16.7 Å². The van der Waals surface area contributed by atoms with E-state index in [1.165, 1.54) is 19.0 Å². The highest BCUT2D eigenvalue weighted by molar-refractivity contribution is 6.24. The lowest BCUT2D eigenvalue weighted by molar-refractivity contribution is -0.169. The van der Waals surface area contributed by atoms with Crippen LogP contribution in [-0.2, 0) is 20.9 Å². The summed E-state index contributed by atoms with van der Waals surface area (Å²) in [7, 11) is 5.05. The number of hydrogen-bond acceptors (Lipinski definition) is 11. The van der Waals surface area contributed by atoms with Crippen molar-refractivity contribution in [1.29, 1.82) is 0 Å². The molecule has 1 saturated heterocycles. The Morgan fingerprint density at radius 1 is 1.07 bits per heavy atom. The minimum atomic E-state index is -2.95. The Kier molecular flexibility index (Phi) is 7.85. The smallest absolute Gasteiger partial charge is 0.255 e. The molecule has 0 spiro atoms. The van der Waals surface area contributed by atoms with Gasteiger partial charge < -0.3 is 36.2 Å². The van der Waals surface area contributed by atoms with Crippen LogP contribution >= 0.6 is 0 Å². The molecule has 12 nitrogen and oxygen atoms in total. The van der Waals surface area contributed by atoms with Crippen molar-refractivity contribution in [1.82, 2.24) is 14.7 Å². The van der Waals surface area contributed by atoms with Crippen molar-refractivity contribution >= 4 is 23.2 Å². The average molecular weight is 633 g/mol.